The van der Waals surface area contributed by atoms with Crippen molar-refractivity contribution in [3.8, 4) is 5.75 Å². The second-order valence-electron chi connectivity index (χ2n) is 8.10. The van der Waals surface area contributed by atoms with Crippen molar-refractivity contribution >= 4 is 63.1 Å². The molecular formula is C27H22Cl2N2O6S. The van der Waals surface area contributed by atoms with Crippen LogP contribution in [0.25, 0.3) is 5.76 Å². The molecule has 38 heavy (non-hydrogen) atoms. The van der Waals surface area contributed by atoms with E-state index < -0.39 is 29.5 Å². The summed E-state index contributed by atoms with van der Waals surface area (Å²) in [7, 11) is 0. The minimum atomic E-state index is -1.11. The van der Waals surface area contributed by atoms with Crippen molar-refractivity contribution in [2.75, 3.05) is 18.1 Å². The number of aliphatic hydroxyl groups is 1. The second-order valence-corrected chi connectivity index (χ2v) is 9.89. The number of hydrogen-bond acceptors (Lipinski definition) is 8. The molecule has 0 bridgehead atoms. The Kier molecular flexibility index (Phi) is 8.20. The van der Waals surface area contributed by atoms with Gasteiger partial charge >= 0.3 is 11.9 Å². The van der Waals surface area contributed by atoms with Crippen molar-refractivity contribution in [3.63, 3.8) is 0 Å². The number of aryl methyl sites for hydroxylation is 1. The SMILES string of the molecule is C=CCOC(=O)c1sc(N2C(=O)C(=O)/C(=C(/O)c3cccc(OCC)c3)C2c2ccc(Cl)c(Cl)c2)nc1C. The number of anilines is 1. The fourth-order valence-electron chi connectivity index (χ4n) is 3.96. The van der Waals surface area contributed by atoms with Gasteiger partial charge in [-0.25, -0.2) is 9.78 Å². The quantitative estimate of drug-likeness (QED) is 0.114. The number of Topliss-reactive ketones (excluding diaryl/α,β-unsaturated/α-hetero) is 1. The molecule has 3 aromatic rings. The second kappa shape index (κ2) is 11.4. The van der Waals surface area contributed by atoms with Crippen LogP contribution in [-0.2, 0) is 14.3 Å². The summed E-state index contributed by atoms with van der Waals surface area (Å²) >= 11 is 13.3. The van der Waals surface area contributed by atoms with E-state index in [-0.39, 0.29) is 37.8 Å². The molecule has 1 amide bonds. The normalized spacial score (nSPS) is 16.5. The molecule has 8 nitrogen and oxygen atoms in total. The maximum atomic E-state index is 13.4. The third-order valence-electron chi connectivity index (χ3n) is 5.63. The van der Waals surface area contributed by atoms with Gasteiger partial charge in [-0.05, 0) is 43.7 Å². The lowest BCUT2D eigenvalue weighted by Crippen LogP contribution is -2.29. The molecule has 0 radical (unpaired) electrons. The van der Waals surface area contributed by atoms with Gasteiger partial charge < -0.3 is 14.6 Å². The van der Waals surface area contributed by atoms with Crippen LogP contribution in [-0.4, -0.2) is 41.0 Å². The van der Waals surface area contributed by atoms with Crippen molar-refractivity contribution in [1.82, 2.24) is 4.98 Å². The maximum Gasteiger partial charge on any atom is 0.350 e. The van der Waals surface area contributed by atoms with E-state index >= 15 is 0 Å². The average Bonchev–Trinajstić information content (AvgIpc) is 3.40. The summed E-state index contributed by atoms with van der Waals surface area (Å²) in [6.07, 6.45) is 1.43. The summed E-state index contributed by atoms with van der Waals surface area (Å²) < 4.78 is 10.6. The number of hydrogen-bond donors (Lipinski definition) is 1. The highest BCUT2D eigenvalue weighted by atomic mass is 35.5. The van der Waals surface area contributed by atoms with Crippen LogP contribution >= 0.6 is 34.5 Å². The molecule has 11 heteroatoms. The molecule has 0 spiro atoms. The number of rotatable bonds is 8. The van der Waals surface area contributed by atoms with Crippen LogP contribution in [0.15, 0.2) is 60.7 Å². The lowest BCUT2D eigenvalue weighted by Gasteiger charge is -2.23. The molecular weight excluding hydrogens is 551 g/mol. The molecule has 1 aliphatic heterocycles. The van der Waals surface area contributed by atoms with Crippen molar-refractivity contribution in [2.24, 2.45) is 0 Å². The summed E-state index contributed by atoms with van der Waals surface area (Å²) in [5.74, 6) is -2.41. The van der Waals surface area contributed by atoms with E-state index in [0.29, 0.717) is 23.6 Å². The van der Waals surface area contributed by atoms with Gasteiger partial charge in [0.25, 0.3) is 5.78 Å². The molecule has 1 aliphatic rings. The first-order valence-electron chi connectivity index (χ1n) is 11.4. The van der Waals surface area contributed by atoms with Crippen LogP contribution in [0.1, 0.15) is 39.5 Å². The predicted octanol–water partition coefficient (Wildman–Crippen LogP) is 6.13. The summed E-state index contributed by atoms with van der Waals surface area (Å²) in [5.41, 5.74) is 0.830. The molecule has 4 rings (SSSR count). The van der Waals surface area contributed by atoms with Crippen molar-refractivity contribution in [2.45, 2.75) is 19.9 Å². The van der Waals surface area contributed by atoms with E-state index in [2.05, 4.69) is 11.6 Å². The Labute approximate surface area is 232 Å². The first kappa shape index (κ1) is 27.4. The minimum Gasteiger partial charge on any atom is -0.507 e. The highest BCUT2D eigenvalue weighted by Gasteiger charge is 2.48. The molecule has 1 aromatic heterocycles. The highest BCUT2D eigenvalue weighted by molar-refractivity contribution is 7.17. The zero-order chi connectivity index (χ0) is 27.6. The molecule has 0 aliphatic carbocycles. The molecule has 0 saturated carbocycles. The average molecular weight is 573 g/mol. The Balaban J connectivity index is 1.90. The van der Waals surface area contributed by atoms with E-state index in [9.17, 15) is 19.5 Å². The summed E-state index contributed by atoms with van der Waals surface area (Å²) in [5, 5.41) is 11.9. The number of benzene rings is 2. The predicted molar refractivity (Wildman–Crippen MR) is 146 cm³/mol. The first-order valence-corrected chi connectivity index (χ1v) is 13.0. The standard InChI is InChI=1S/C27H22Cl2N2O6S/c1-4-11-37-26(35)24-14(3)30-27(38-24)31-21(15-9-10-18(28)19(29)13-15)20(23(33)25(31)34)22(32)16-7-6-8-17(12-16)36-5-2/h4,6-10,12-13,21,32H,1,5,11H2,2-3H3/b22-20+. The topological polar surface area (TPSA) is 106 Å². The van der Waals surface area contributed by atoms with E-state index in [1.807, 2.05) is 6.92 Å². The maximum absolute atomic E-state index is 13.4. The van der Waals surface area contributed by atoms with Gasteiger partial charge in [-0.15, -0.1) is 0 Å². The fourth-order valence-corrected chi connectivity index (χ4v) is 5.25. The third kappa shape index (κ3) is 5.18. The molecule has 2 heterocycles. The third-order valence-corrected chi connectivity index (χ3v) is 7.51. The Hall–Kier alpha value is -3.66. The number of thiazole rings is 1. The lowest BCUT2D eigenvalue weighted by atomic mass is 9.95. The van der Waals surface area contributed by atoms with Gasteiger partial charge in [-0.2, -0.15) is 0 Å². The molecule has 1 N–H and O–H groups in total. The summed E-state index contributed by atoms with van der Waals surface area (Å²) in [4.78, 5) is 45.0. The number of nitrogens with zero attached hydrogens (tertiary/aromatic N) is 2. The Morgan fingerprint density at radius 2 is 1.97 bits per heavy atom. The number of ketones is 1. The molecule has 1 atom stereocenters. The van der Waals surface area contributed by atoms with Gasteiger partial charge in [0.1, 0.15) is 23.0 Å². The van der Waals surface area contributed by atoms with Gasteiger partial charge in [0.15, 0.2) is 5.13 Å². The van der Waals surface area contributed by atoms with Gasteiger partial charge in [0.05, 0.1) is 34.0 Å². The summed E-state index contributed by atoms with van der Waals surface area (Å²) in [6.45, 7) is 7.33. The fraction of sp³-hybridized carbons (Fsp3) is 0.185. The van der Waals surface area contributed by atoms with Gasteiger partial charge in [0.2, 0.25) is 0 Å². The van der Waals surface area contributed by atoms with Crippen LogP contribution < -0.4 is 9.64 Å². The van der Waals surface area contributed by atoms with Gasteiger partial charge in [-0.1, -0.05) is 65.4 Å². The van der Waals surface area contributed by atoms with Crippen molar-refractivity contribution < 1.29 is 29.0 Å². The number of carbonyl (C=O) groups is 3. The van der Waals surface area contributed by atoms with Gasteiger partial charge in [0, 0.05) is 5.56 Å². The van der Waals surface area contributed by atoms with Crippen LogP contribution in [0, 0.1) is 6.92 Å². The zero-order valence-corrected chi connectivity index (χ0v) is 22.7. The number of ether oxygens (including phenoxy) is 2. The van der Waals surface area contributed by atoms with Crippen molar-refractivity contribution in [1.29, 1.82) is 0 Å². The zero-order valence-electron chi connectivity index (χ0n) is 20.4. The largest absolute Gasteiger partial charge is 0.507 e. The number of esters is 1. The summed E-state index contributed by atoms with van der Waals surface area (Å²) in [6, 6.07) is 10.1. The van der Waals surface area contributed by atoms with Crippen LogP contribution in [0.5, 0.6) is 5.75 Å². The number of amides is 1. The molecule has 2 aromatic carbocycles. The Bertz CT molecular complexity index is 1480. The number of halogens is 2. The van der Waals surface area contributed by atoms with Crippen LogP contribution in [0.3, 0.4) is 0 Å². The Morgan fingerprint density at radius 1 is 1.21 bits per heavy atom. The van der Waals surface area contributed by atoms with Crippen molar-refractivity contribution in [3.05, 3.63) is 92.4 Å². The van der Waals surface area contributed by atoms with Crippen LogP contribution in [0.2, 0.25) is 10.0 Å². The molecule has 1 unspecified atom stereocenters. The monoisotopic (exact) mass is 572 g/mol. The highest BCUT2D eigenvalue weighted by Crippen LogP contribution is 2.45. The van der Waals surface area contributed by atoms with E-state index in [0.717, 1.165) is 16.2 Å². The first-order chi connectivity index (χ1) is 18.2. The van der Waals surface area contributed by atoms with Gasteiger partial charge in [-0.3, -0.25) is 14.5 Å². The minimum absolute atomic E-state index is 0.000103. The smallest absolute Gasteiger partial charge is 0.350 e. The van der Waals surface area contributed by atoms with E-state index in [4.69, 9.17) is 32.7 Å². The Morgan fingerprint density at radius 3 is 2.66 bits per heavy atom. The number of aliphatic hydroxyl groups excluding tert-OH is 1. The number of carbonyl (C=O) groups excluding carboxylic acids is 3. The molecule has 1 saturated heterocycles. The molecule has 196 valence electrons. The van der Waals surface area contributed by atoms with E-state index in [1.54, 1.807) is 37.3 Å². The lowest BCUT2D eigenvalue weighted by molar-refractivity contribution is -0.132. The number of aromatic nitrogens is 1. The van der Waals surface area contributed by atoms with E-state index in [1.165, 1.54) is 18.2 Å². The van der Waals surface area contributed by atoms with Crippen LogP contribution in [0.4, 0.5) is 5.13 Å². The molecule has 1 fully saturated rings.